The van der Waals surface area contributed by atoms with Crippen LogP contribution in [0.25, 0.3) is 11.1 Å². The second-order valence-electron chi connectivity index (χ2n) is 7.43. The third-order valence-electron chi connectivity index (χ3n) is 5.35. The second-order valence-corrected chi connectivity index (χ2v) is 10.2. The minimum absolute atomic E-state index is 0.00406. The first-order valence-corrected chi connectivity index (χ1v) is 12.0. The van der Waals surface area contributed by atoms with Crippen LogP contribution in [0.3, 0.4) is 0 Å². The molecule has 4 rings (SSSR count). The lowest BCUT2D eigenvalue weighted by Crippen LogP contribution is -2.36. The highest BCUT2D eigenvalue weighted by atomic mass is 35.5. The zero-order valence-electron chi connectivity index (χ0n) is 15.2. The molecule has 6 N–H and O–H groups in total. The summed E-state index contributed by atoms with van der Waals surface area (Å²) in [4.78, 5) is 0.953. The summed E-state index contributed by atoms with van der Waals surface area (Å²) >= 11 is 8.07. The Hall–Kier alpha value is -1.45. The average Bonchev–Trinajstić information content (AvgIpc) is 3.13. The number of sulfonamides is 1. The second kappa shape index (κ2) is 7.76. The molecular weight excluding hydrogens is 416 g/mol. The van der Waals surface area contributed by atoms with Crippen LogP contribution >= 0.6 is 23.5 Å². The Morgan fingerprint density at radius 2 is 1.89 bits per heavy atom. The van der Waals surface area contributed by atoms with Crippen LogP contribution in [0.4, 0.5) is 11.4 Å². The maximum atomic E-state index is 12.0. The van der Waals surface area contributed by atoms with Gasteiger partial charge in [0.15, 0.2) is 0 Å². The number of anilines is 2. The minimum Gasteiger partial charge on any atom is -0.399 e. The van der Waals surface area contributed by atoms with Crippen LogP contribution < -0.4 is 20.9 Å². The lowest BCUT2D eigenvalue weighted by Gasteiger charge is -2.30. The summed E-state index contributed by atoms with van der Waals surface area (Å²) in [6.07, 6.45) is 6.50. The molecule has 1 aliphatic heterocycles. The lowest BCUT2D eigenvalue weighted by atomic mass is 10.0. The molecule has 2 aromatic rings. The van der Waals surface area contributed by atoms with Crippen LogP contribution in [-0.4, -0.2) is 14.6 Å². The predicted octanol–water partition coefficient (Wildman–Crippen LogP) is 4.17. The van der Waals surface area contributed by atoms with Crippen LogP contribution in [0.1, 0.15) is 32.1 Å². The van der Waals surface area contributed by atoms with Gasteiger partial charge in [-0.2, -0.15) is 0 Å². The largest absolute Gasteiger partial charge is 0.399 e. The number of fused-ring (bicyclic) bond motifs is 1. The highest BCUT2D eigenvalue weighted by molar-refractivity contribution is 7.97. The van der Waals surface area contributed by atoms with Crippen molar-refractivity contribution in [2.45, 2.75) is 48.1 Å². The van der Waals surface area contributed by atoms with Gasteiger partial charge in [0.1, 0.15) is 0 Å². The number of hydrogen-bond acceptors (Lipinski definition) is 6. The first kappa shape index (κ1) is 19.8. The number of primary sulfonamides is 1. The first-order chi connectivity index (χ1) is 13.3. The number of nitrogens with one attached hydrogen (secondary N) is 2. The maximum Gasteiger partial charge on any atom is 0.238 e. The Labute approximate surface area is 174 Å². The van der Waals surface area contributed by atoms with Crippen molar-refractivity contribution in [3.63, 3.8) is 0 Å². The Morgan fingerprint density at radius 1 is 1.14 bits per heavy atom. The first-order valence-electron chi connectivity index (χ1n) is 9.26. The van der Waals surface area contributed by atoms with Gasteiger partial charge in [0.25, 0.3) is 0 Å². The molecule has 0 saturated heterocycles. The van der Waals surface area contributed by atoms with E-state index in [4.69, 9.17) is 22.5 Å². The Kier molecular flexibility index (Phi) is 5.50. The molecule has 9 heteroatoms. The van der Waals surface area contributed by atoms with Crippen molar-refractivity contribution >= 4 is 44.9 Å². The summed E-state index contributed by atoms with van der Waals surface area (Å²) in [6.45, 7) is 0. The Balaban J connectivity index is 1.67. The van der Waals surface area contributed by atoms with Gasteiger partial charge in [0, 0.05) is 21.7 Å². The van der Waals surface area contributed by atoms with Crippen molar-refractivity contribution < 1.29 is 8.42 Å². The SMILES string of the molecule is Nc1ccc(S(N)(=O)=O)c(-c2cc3c(cc2Cl)NC(CC2CCCC2)NS3)c1. The molecule has 0 spiro atoms. The number of hydrogen-bond donors (Lipinski definition) is 4. The van der Waals surface area contributed by atoms with Gasteiger partial charge in [-0.05, 0) is 54.6 Å². The van der Waals surface area contributed by atoms with E-state index in [9.17, 15) is 8.42 Å². The topological polar surface area (TPSA) is 110 Å². The molecule has 1 heterocycles. The quantitative estimate of drug-likeness (QED) is 0.421. The van der Waals surface area contributed by atoms with Crippen LogP contribution in [0.5, 0.6) is 0 Å². The molecule has 2 aromatic carbocycles. The third-order valence-corrected chi connectivity index (χ3v) is 7.60. The summed E-state index contributed by atoms with van der Waals surface area (Å²) < 4.78 is 27.5. The van der Waals surface area contributed by atoms with E-state index in [1.165, 1.54) is 49.8 Å². The van der Waals surface area contributed by atoms with Gasteiger partial charge in [-0.25, -0.2) is 18.3 Å². The van der Waals surface area contributed by atoms with Gasteiger partial charge in [-0.1, -0.05) is 37.3 Å². The van der Waals surface area contributed by atoms with E-state index in [2.05, 4.69) is 10.0 Å². The number of nitrogens with two attached hydrogens (primary N) is 2. The average molecular weight is 439 g/mol. The maximum absolute atomic E-state index is 12.0. The summed E-state index contributed by atoms with van der Waals surface area (Å²) in [5, 5.41) is 9.35. The summed E-state index contributed by atoms with van der Waals surface area (Å²) in [5.74, 6) is 0.756. The smallest absolute Gasteiger partial charge is 0.238 e. The summed E-state index contributed by atoms with van der Waals surface area (Å²) in [6, 6.07) is 8.23. The molecular formula is C19H23ClN4O2S2. The molecule has 0 aromatic heterocycles. The molecule has 0 amide bonds. The molecule has 1 unspecified atom stereocenters. The molecule has 1 aliphatic carbocycles. The van der Waals surface area contributed by atoms with E-state index in [-0.39, 0.29) is 11.1 Å². The number of rotatable bonds is 4. The fraction of sp³-hybridized carbons (Fsp3) is 0.368. The monoisotopic (exact) mass is 438 g/mol. The molecule has 2 aliphatic rings. The van der Waals surface area contributed by atoms with Crippen molar-refractivity contribution in [2.24, 2.45) is 11.1 Å². The van der Waals surface area contributed by atoms with E-state index < -0.39 is 10.0 Å². The van der Waals surface area contributed by atoms with E-state index in [1.54, 1.807) is 6.07 Å². The minimum atomic E-state index is -3.91. The number of halogens is 1. The third kappa shape index (κ3) is 4.11. The van der Waals surface area contributed by atoms with Crippen LogP contribution in [0, 0.1) is 5.92 Å². The molecule has 1 atom stereocenters. The number of nitrogen functional groups attached to an aromatic ring is 1. The van der Waals surface area contributed by atoms with E-state index in [1.807, 2.05) is 12.1 Å². The van der Waals surface area contributed by atoms with Crippen LogP contribution in [0.15, 0.2) is 40.1 Å². The van der Waals surface area contributed by atoms with Gasteiger partial charge < -0.3 is 11.1 Å². The van der Waals surface area contributed by atoms with Gasteiger partial charge in [-0.15, -0.1) is 0 Å². The van der Waals surface area contributed by atoms with E-state index in [0.29, 0.717) is 21.8 Å². The fourth-order valence-corrected chi connectivity index (χ4v) is 5.83. The normalized spacial score (nSPS) is 20.0. The molecule has 6 nitrogen and oxygen atoms in total. The predicted molar refractivity (Wildman–Crippen MR) is 116 cm³/mol. The van der Waals surface area contributed by atoms with Gasteiger partial charge in [-0.3, -0.25) is 0 Å². The highest BCUT2D eigenvalue weighted by Crippen LogP contribution is 2.42. The molecule has 0 radical (unpaired) electrons. The van der Waals surface area contributed by atoms with Gasteiger partial charge >= 0.3 is 0 Å². The Bertz CT molecular complexity index is 1010. The van der Waals surface area contributed by atoms with E-state index >= 15 is 0 Å². The Morgan fingerprint density at radius 3 is 2.61 bits per heavy atom. The van der Waals surface area contributed by atoms with Crippen molar-refractivity contribution in [1.29, 1.82) is 0 Å². The highest BCUT2D eigenvalue weighted by Gasteiger charge is 2.26. The van der Waals surface area contributed by atoms with Crippen molar-refractivity contribution in [3.05, 3.63) is 35.4 Å². The molecule has 28 heavy (non-hydrogen) atoms. The zero-order chi connectivity index (χ0) is 19.9. The molecule has 150 valence electrons. The molecule has 0 bridgehead atoms. The summed E-state index contributed by atoms with van der Waals surface area (Å²) in [5.41, 5.74) is 8.26. The summed E-state index contributed by atoms with van der Waals surface area (Å²) in [7, 11) is -3.91. The van der Waals surface area contributed by atoms with Crippen molar-refractivity contribution in [1.82, 2.24) is 4.72 Å². The lowest BCUT2D eigenvalue weighted by molar-refractivity contribution is 0.450. The van der Waals surface area contributed by atoms with Crippen molar-refractivity contribution in [3.8, 4) is 11.1 Å². The van der Waals surface area contributed by atoms with Crippen LogP contribution in [-0.2, 0) is 10.0 Å². The standard InChI is InChI=1S/C19H23ClN4O2S2/c20-15-10-16-17(27-24-19(23-16)7-11-3-1-2-4-11)9-13(15)14-8-12(21)5-6-18(14)28(22,25)26/h5-6,8-11,19,23-24H,1-4,7,21H2,(H2,22,25,26). The zero-order valence-corrected chi connectivity index (χ0v) is 17.6. The van der Waals surface area contributed by atoms with Crippen LogP contribution in [0.2, 0.25) is 5.02 Å². The number of benzene rings is 2. The molecule has 1 fully saturated rings. The van der Waals surface area contributed by atoms with Gasteiger partial charge in [0.05, 0.1) is 21.8 Å². The fourth-order valence-electron chi connectivity index (χ4n) is 4.00. The molecule has 1 saturated carbocycles. The van der Waals surface area contributed by atoms with Crippen molar-refractivity contribution in [2.75, 3.05) is 11.1 Å². The van der Waals surface area contributed by atoms with Gasteiger partial charge in [0.2, 0.25) is 10.0 Å². The van der Waals surface area contributed by atoms with E-state index in [0.717, 1.165) is 22.9 Å².